The fourth-order valence-electron chi connectivity index (χ4n) is 4.67. The Kier molecular flexibility index (Phi) is 10.3. The number of hydrazone groups is 1. The molecule has 2 aromatic rings. The first kappa shape index (κ1) is 31.1. The first-order chi connectivity index (χ1) is 20.7. The minimum absolute atomic E-state index is 0.0809. The second kappa shape index (κ2) is 14.3. The Hall–Kier alpha value is -4.89. The van der Waals surface area contributed by atoms with Crippen LogP contribution in [0.3, 0.4) is 0 Å². The molecule has 0 radical (unpaired) electrons. The number of benzene rings is 2. The van der Waals surface area contributed by atoms with Gasteiger partial charge in [0.2, 0.25) is 0 Å². The quantitative estimate of drug-likeness (QED) is 0.0920. The normalized spacial score (nSPS) is 17.6. The van der Waals surface area contributed by atoms with E-state index in [0.29, 0.717) is 61.2 Å². The second-order valence-electron chi connectivity index (χ2n) is 9.51. The summed E-state index contributed by atoms with van der Waals surface area (Å²) in [5.74, 6) is 0.0478. The molecule has 2 aliphatic heterocycles. The van der Waals surface area contributed by atoms with Crippen molar-refractivity contribution in [1.82, 2.24) is 16.1 Å². The molecule has 0 spiro atoms. The minimum atomic E-state index is -1.24. The van der Waals surface area contributed by atoms with Gasteiger partial charge in [-0.2, -0.15) is 5.10 Å². The summed E-state index contributed by atoms with van der Waals surface area (Å²) < 4.78 is 21.8. The molecule has 0 aromatic heterocycles. The van der Waals surface area contributed by atoms with Crippen LogP contribution in [0.15, 0.2) is 52.8 Å². The Bertz CT molecular complexity index is 1410. The van der Waals surface area contributed by atoms with Gasteiger partial charge in [-0.1, -0.05) is 6.07 Å². The van der Waals surface area contributed by atoms with E-state index in [4.69, 9.17) is 18.9 Å². The molecule has 2 heterocycles. The second-order valence-corrected chi connectivity index (χ2v) is 9.51. The summed E-state index contributed by atoms with van der Waals surface area (Å²) in [7, 11) is 1.26. The highest BCUT2D eigenvalue weighted by Gasteiger charge is 2.32. The summed E-state index contributed by atoms with van der Waals surface area (Å²) in [6, 6.07) is 8.18. The van der Waals surface area contributed by atoms with Crippen molar-refractivity contribution in [3.05, 3.63) is 68.9 Å². The average Bonchev–Trinajstić information content (AvgIpc) is 3.00. The first-order valence-electron chi connectivity index (χ1n) is 13.6. The molecule has 2 amide bonds. The number of carbonyl (C=O) groups excluding carboxylic acids is 2. The number of morpholine rings is 1. The highest BCUT2D eigenvalue weighted by atomic mass is 16.6. The van der Waals surface area contributed by atoms with E-state index in [0.717, 1.165) is 5.69 Å². The number of aliphatic hydroxyl groups excluding tert-OH is 1. The number of nitro groups is 1. The number of ether oxygens (including phenoxy) is 4. The lowest BCUT2D eigenvalue weighted by molar-refractivity contribution is -0.384. The zero-order valence-electron chi connectivity index (χ0n) is 24.0. The molecule has 1 fully saturated rings. The predicted molar refractivity (Wildman–Crippen MR) is 155 cm³/mol. The highest BCUT2D eigenvalue weighted by Crippen LogP contribution is 2.35. The number of aliphatic hydroxyl groups is 1. The van der Waals surface area contributed by atoms with Crippen molar-refractivity contribution in [2.75, 3.05) is 51.5 Å². The summed E-state index contributed by atoms with van der Waals surface area (Å²) in [6.07, 6.45) is 0.166. The van der Waals surface area contributed by atoms with Crippen LogP contribution < -0.4 is 30.4 Å². The maximum Gasteiger partial charge on any atom is 0.337 e. The van der Waals surface area contributed by atoms with Gasteiger partial charge in [-0.15, -0.1) is 0 Å². The molecule has 2 aromatic carbocycles. The molecule has 2 atom stereocenters. The molecule has 0 saturated carbocycles. The summed E-state index contributed by atoms with van der Waals surface area (Å²) in [5.41, 5.74) is 4.92. The highest BCUT2D eigenvalue weighted by molar-refractivity contribution is 5.95. The van der Waals surface area contributed by atoms with Gasteiger partial charge in [0.1, 0.15) is 6.61 Å². The van der Waals surface area contributed by atoms with Crippen molar-refractivity contribution in [3.8, 4) is 11.5 Å². The summed E-state index contributed by atoms with van der Waals surface area (Å²) >= 11 is 0. The van der Waals surface area contributed by atoms with Gasteiger partial charge in [-0.25, -0.2) is 9.59 Å². The zero-order chi connectivity index (χ0) is 30.9. The van der Waals surface area contributed by atoms with Gasteiger partial charge in [-0.3, -0.25) is 15.5 Å². The zero-order valence-corrected chi connectivity index (χ0v) is 24.0. The average molecular weight is 599 g/mol. The number of nitro benzene ring substituents is 1. The third-order valence-corrected chi connectivity index (χ3v) is 6.67. The van der Waals surface area contributed by atoms with E-state index in [1.165, 1.54) is 25.5 Å². The Morgan fingerprint density at radius 2 is 2.02 bits per heavy atom. The van der Waals surface area contributed by atoms with Gasteiger partial charge in [-0.05, 0) is 37.6 Å². The molecular formula is C28H34N6O9. The molecule has 43 heavy (non-hydrogen) atoms. The number of rotatable bonds is 12. The van der Waals surface area contributed by atoms with Gasteiger partial charge in [0.25, 0.3) is 5.69 Å². The number of nitrogens with zero attached hydrogens (tertiary/aromatic N) is 3. The molecule has 230 valence electrons. The van der Waals surface area contributed by atoms with Crippen LogP contribution in [-0.2, 0) is 14.3 Å². The number of non-ortho nitro benzene ring substituents is 1. The molecule has 2 aliphatic rings. The fraction of sp³-hybridized carbons (Fsp3) is 0.393. The number of urea groups is 1. The molecule has 0 unspecified atom stereocenters. The molecular weight excluding hydrogens is 564 g/mol. The summed E-state index contributed by atoms with van der Waals surface area (Å²) in [4.78, 5) is 37.5. The monoisotopic (exact) mass is 598 g/mol. The van der Waals surface area contributed by atoms with Gasteiger partial charge in [0.05, 0.1) is 49.7 Å². The topological polar surface area (TPSA) is 186 Å². The van der Waals surface area contributed by atoms with Crippen LogP contribution in [0.25, 0.3) is 0 Å². The minimum Gasteiger partial charge on any atom is -0.490 e. The number of methoxy groups -OCH3 is 1. The van der Waals surface area contributed by atoms with Crippen molar-refractivity contribution < 1.29 is 38.6 Å². The van der Waals surface area contributed by atoms with Gasteiger partial charge < -0.3 is 39.6 Å². The van der Waals surface area contributed by atoms with Gasteiger partial charge in [0.15, 0.2) is 17.7 Å². The van der Waals surface area contributed by atoms with Gasteiger partial charge >= 0.3 is 12.0 Å². The van der Waals surface area contributed by atoms with E-state index in [-0.39, 0.29) is 17.9 Å². The van der Waals surface area contributed by atoms with Crippen LogP contribution in [-0.4, -0.2) is 81.1 Å². The van der Waals surface area contributed by atoms with Crippen LogP contribution >= 0.6 is 0 Å². The molecule has 15 nitrogen and oxygen atoms in total. The van der Waals surface area contributed by atoms with Crippen LogP contribution in [0.2, 0.25) is 0 Å². The van der Waals surface area contributed by atoms with E-state index in [1.807, 2.05) is 4.90 Å². The largest absolute Gasteiger partial charge is 0.490 e. The predicted octanol–water partition coefficient (Wildman–Crippen LogP) is 1.95. The van der Waals surface area contributed by atoms with Crippen molar-refractivity contribution >= 4 is 29.6 Å². The van der Waals surface area contributed by atoms with E-state index < -0.39 is 29.2 Å². The Morgan fingerprint density at radius 3 is 2.72 bits per heavy atom. The number of amides is 2. The number of anilines is 1. The number of nitrogens with one attached hydrogen (secondary N) is 3. The lowest BCUT2D eigenvalue weighted by Gasteiger charge is -2.29. The number of esters is 1. The SMILES string of the molecule is CCOc1cc([C@H]2NC(=O)NC(C)=C2C(=O)OC)ccc1OC[C@@H](O)N/N=C\c1cc([N+](=O)[O-])ccc1N1CCOCC1. The van der Waals surface area contributed by atoms with Crippen LogP contribution in [0, 0.1) is 10.1 Å². The summed E-state index contributed by atoms with van der Waals surface area (Å²) in [6.45, 7) is 5.83. The molecule has 15 heteroatoms. The third-order valence-electron chi connectivity index (χ3n) is 6.67. The fourth-order valence-corrected chi connectivity index (χ4v) is 4.67. The molecule has 4 N–H and O–H groups in total. The number of hydrogen-bond acceptors (Lipinski definition) is 12. The Labute approximate surface area is 247 Å². The molecule has 4 rings (SSSR count). The van der Waals surface area contributed by atoms with Crippen LogP contribution in [0.1, 0.15) is 31.0 Å². The van der Waals surface area contributed by atoms with E-state index in [2.05, 4.69) is 21.2 Å². The maximum atomic E-state index is 12.4. The van der Waals surface area contributed by atoms with E-state index >= 15 is 0 Å². The van der Waals surface area contributed by atoms with E-state index in [9.17, 15) is 24.8 Å². The molecule has 0 aliphatic carbocycles. The van der Waals surface area contributed by atoms with Crippen LogP contribution in [0.4, 0.5) is 16.2 Å². The number of carbonyl (C=O) groups is 2. The molecule has 1 saturated heterocycles. The third kappa shape index (κ3) is 7.69. The lowest BCUT2D eigenvalue weighted by atomic mass is 9.95. The van der Waals surface area contributed by atoms with Crippen molar-refractivity contribution in [2.45, 2.75) is 26.1 Å². The van der Waals surface area contributed by atoms with Gasteiger partial charge in [0, 0.05) is 42.2 Å². The van der Waals surface area contributed by atoms with Crippen molar-refractivity contribution in [3.63, 3.8) is 0 Å². The smallest absolute Gasteiger partial charge is 0.337 e. The Morgan fingerprint density at radius 1 is 1.26 bits per heavy atom. The number of allylic oxidation sites excluding steroid dienone is 1. The number of hydrogen-bond donors (Lipinski definition) is 4. The Balaban J connectivity index is 1.45. The lowest BCUT2D eigenvalue weighted by Crippen LogP contribution is -2.45. The van der Waals surface area contributed by atoms with E-state index in [1.54, 1.807) is 38.1 Å². The van der Waals surface area contributed by atoms with Crippen LogP contribution in [0.5, 0.6) is 11.5 Å². The standard InChI is InChI=1S/C28H34N6O9/c1-4-42-23-14-18(26-25(27(36)40-3)17(2)30-28(37)31-26)5-8-22(23)43-16-24(35)32-29-15-19-13-20(34(38)39)6-7-21(19)33-9-11-41-12-10-33/h5-8,13-15,24,26,32,35H,4,9-12,16H2,1-3H3,(H2,30,31,37)/b29-15-/t24-,26-/m1/s1. The first-order valence-corrected chi connectivity index (χ1v) is 13.6. The maximum absolute atomic E-state index is 12.4. The van der Waals surface area contributed by atoms with Crippen molar-refractivity contribution in [1.29, 1.82) is 0 Å². The van der Waals surface area contributed by atoms with Crippen molar-refractivity contribution in [2.24, 2.45) is 5.10 Å². The summed E-state index contributed by atoms with van der Waals surface area (Å²) in [5, 5.41) is 31.2. The molecule has 0 bridgehead atoms.